The monoisotopic (exact) mass is 294 g/mol. The Kier molecular flexibility index (Phi) is 4.47. The van der Waals surface area contributed by atoms with Crippen molar-refractivity contribution in [3.8, 4) is 0 Å². The van der Waals surface area contributed by atoms with Gasteiger partial charge in [0.2, 0.25) is 0 Å². The van der Waals surface area contributed by atoms with Gasteiger partial charge < -0.3 is 10.6 Å². The van der Waals surface area contributed by atoms with Crippen LogP contribution in [0.25, 0.3) is 0 Å². The fourth-order valence-corrected chi connectivity index (χ4v) is 1.77. The maximum atomic E-state index is 13.4. The van der Waals surface area contributed by atoms with E-state index in [2.05, 4.69) is 10.6 Å². The van der Waals surface area contributed by atoms with Crippen LogP contribution in [0.1, 0.15) is 11.1 Å². The van der Waals surface area contributed by atoms with Gasteiger partial charge in [0.05, 0.1) is 5.69 Å². The van der Waals surface area contributed by atoms with E-state index >= 15 is 0 Å². The maximum Gasteiger partial charge on any atom is 0.319 e. The lowest BCUT2D eigenvalue weighted by Gasteiger charge is -2.10. The molecule has 2 aromatic rings. The highest BCUT2D eigenvalue weighted by Gasteiger charge is 2.15. The lowest BCUT2D eigenvalue weighted by atomic mass is 10.1. The van der Waals surface area contributed by atoms with Gasteiger partial charge in [-0.1, -0.05) is 24.3 Å². The third kappa shape index (κ3) is 3.53. The molecule has 0 aliphatic carbocycles. The van der Waals surface area contributed by atoms with Crippen LogP contribution in [0.3, 0.4) is 0 Å². The van der Waals surface area contributed by atoms with Crippen LogP contribution in [0.5, 0.6) is 0 Å². The average Bonchev–Trinajstić information content (AvgIpc) is 2.47. The van der Waals surface area contributed by atoms with Crippen LogP contribution in [0, 0.1) is 24.4 Å². The Bertz CT molecular complexity index is 674. The Balaban J connectivity index is 2.00. The van der Waals surface area contributed by atoms with Crippen molar-refractivity contribution in [1.82, 2.24) is 5.32 Å². The van der Waals surface area contributed by atoms with E-state index in [0.717, 1.165) is 23.3 Å². The summed E-state index contributed by atoms with van der Waals surface area (Å²) in [6, 6.07) is 8.43. The van der Waals surface area contributed by atoms with Gasteiger partial charge in [-0.2, -0.15) is 0 Å². The zero-order valence-electron chi connectivity index (χ0n) is 11.2. The molecule has 0 fully saturated rings. The molecule has 0 atom stereocenters. The zero-order valence-corrected chi connectivity index (χ0v) is 11.2. The van der Waals surface area contributed by atoms with E-state index in [-0.39, 0.29) is 6.54 Å². The van der Waals surface area contributed by atoms with E-state index in [1.54, 1.807) is 0 Å². The summed E-state index contributed by atoms with van der Waals surface area (Å²) in [6.45, 7) is 2.13. The molecule has 0 radical (unpaired) electrons. The van der Waals surface area contributed by atoms with Gasteiger partial charge in [-0.3, -0.25) is 0 Å². The normalized spacial score (nSPS) is 10.3. The van der Waals surface area contributed by atoms with Crippen molar-refractivity contribution in [2.45, 2.75) is 13.5 Å². The predicted molar refractivity (Wildman–Crippen MR) is 73.4 cm³/mol. The second-order valence-corrected chi connectivity index (χ2v) is 4.46. The largest absolute Gasteiger partial charge is 0.334 e. The Hall–Kier alpha value is -2.50. The van der Waals surface area contributed by atoms with Crippen molar-refractivity contribution >= 4 is 11.7 Å². The van der Waals surface area contributed by atoms with Crippen molar-refractivity contribution < 1.29 is 18.0 Å². The topological polar surface area (TPSA) is 41.1 Å². The van der Waals surface area contributed by atoms with E-state index in [9.17, 15) is 18.0 Å². The highest BCUT2D eigenvalue weighted by Crippen LogP contribution is 2.19. The summed E-state index contributed by atoms with van der Waals surface area (Å²) in [7, 11) is 0. The number of urea groups is 1. The molecule has 0 aliphatic heterocycles. The number of hydrogen-bond acceptors (Lipinski definition) is 1. The van der Waals surface area contributed by atoms with Crippen LogP contribution >= 0.6 is 0 Å². The molecule has 0 aliphatic rings. The summed E-state index contributed by atoms with van der Waals surface area (Å²) in [4.78, 5) is 11.6. The van der Waals surface area contributed by atoms with Crippen molar-refractivity contribution in [3.63, 3.8) is 0 Å². The van der Waals surface area contributed by atoms with Gasteiger partial charge in [-0.15, -0.1) is 0 Å². The van der Waals surface area contributed by atoms with Gasteiger partial charge in [-0.25, -0.2) is 18.0 Å². The molecule has 0 heterocycles. The minimum absolute atomic E-state index is 0.240. The molecule has 0 spiro atoms. The summed E-state index contributed by atoms with van der Waals surface area (Å²) in [5, 5.41) is 4.65. The molecule has 6 heteroatoms. The smallest absolute Gasteiger partial charge is 0.319 e. The number of carbonyl (C=O) groups is 1. The molecule has 2 amide bonds. The lowest BCUT2D eigenvalue weighted by molar-refractivity contribution is 0.251. The number of benzene rings is 2. The summed E-state index contributed by atoms with van der Waals surface area (Å²) >= 11 is 0. The standard InChI is InChI=1S/C15H13F3N2O/c1-9-4-2-3-5-10(9)8-19-15(21)20-12-7-6-11(16)13(17)14(12)18/h2-7H,8H2,1H3,(H2,19,20,21). The Labute approximate surface area is 119 Å². The van der Waals surface area contributed by atoms with Crippen LogP contribution in [-0.4, -0.2) is 6.03 Å². The van der Waals surface area contributed by atoms with Crippen LogP contribution in [0.4, 0.5) is 23.7 Å². The number of nitrogens with one attached hydrogen (secondary N) is 2. The number of amides is 2. The lowest BCUT2D eigenvalue weighted by Crippen LogP contribution is -2.29. The van der Waals surface area contributed by atoms with Crippen molar-refractivity contribution in [2.24, 2.45) is 0 Å². The first-order chi connectivity index (χ1) is 9.99. The van der Waals surface area contributed by atoms with E-state index in [1.807, 2.05) is 31.2 Å². The van der Waals surface area contributed by atoms with E-state index in [4.69, 9.17) is 0 Å². The van der Waals surface area contributed by atoms with Gasteiger partial charge in [0.25, 0.3) is 0 Å². The van der Waals surface area contributed by atoms with E-state index in [0.29, 0.717) is 0 Å². The molecule has 2 aromatic carbocycles. The summed E-state index contributed by atoms with van der Waals surface area (Å²) < 4.78 is 39.2. The highest BCUT2D eigenvalue weighted by atomic mass is 19.2. The molecule has 0 saturated heterocycles. The molecule has 2 rings (SSSR count). The molecular weight excluding hydrogens is 281 g/mol. The Morgan fingerprint density at radius 3 is 2.48 bits per heavy atom. The summed E-state index contributed by atoms with van der Waals surface area (Å²) in [6.07, 6.45) is 0. The second-order valence-electron chi connectivity index (χ2n) is 4.46. The molecule has 0 bridgehead atoms. The number of halogens is 3. The van der Waals surface area contributed by atoms with Crippen LogP contribution < -0.4 is 10.6 Å². The van der Waals surface area contributed by atoms with E-state index in [1.165, 1.54) is 0 Å². The third-order valence-corrected chi connectivity index (χ3v) is 2.98. The van der Waals surface area contributed by atoms with Gasteiger partial charge in [0.15, 0.2) is 17.5 Å². The molecule has 0 unspecified atom stereocenters. The predicted octanol–water partition coefficient (Wildman–Crippen LogP) is 3.73. The average molecular weight is 294 g/mol. The molecular formula is C15H13F3N2O. The number of anilines is 1. The molecule has 110 valence electrons. The second kappa shape index (κ2) is 6.30. The first kappa shape index (κ1) is 14.9. The van der Waals surface area contributed by atoms with Gasteiger partial charge in [0, 0.05) is 6.54 Å². The Morgan fingerprint density at radius 1 is 1.05 bits per heavy atom. The van der Waals surface area contributed by atoms with Crippen molar-refractivity contribution in [1.29, 1.82) is 0 Å². The van der Waals surface area contributed by atoms with Crippen LogP contribution in [0.2, 0.25) is 0 Å². The third-order valence-electron chi connectivity index (χ3n) is 2.98. The summed E-state index contributed by atoms with van der Waals surface area (Å²) in [5.74, 6) is -4.36. The fourth-order valence-electron chi connectivity index (χ4n) is 1.77. The van der Waals surface area contributed by atoms with Crippen molar-refractivity contribution in [3.05, 3.63) is 65.0 Å². The molecule has 2 N–H and O–H groups in total. The molecule has 3 nitrogen and oxygen atoms in total. The quantitative estimate of drug-likeness (QED) is 0.832. The van der Waals surface area contributed by atoms with Gasteiger partial charge >= 0.3 is 6.03 Å². The van der Waals surface area contributed by atoms with Crippen LogP contribution in [-0.2, 0) is 6.54 Å². The number of aryl methyl sites for hydroxylation is 1. The molecule has 21 heavy (non-hydrogen) atoms. The highest BCUT2D eigenvalue weighted by molar-refractivity contribution is 5.89. The van der Waals surface area contributed by atoms with Gasteiger partial charge in [-0.05, 0) is 30.2 Å². The first-order valence-electron chi connectivity index (χ1n) is 6.22. The SMILES string of the molecule is Cc1ccccc1CNC(=O)Nc1ccc(F)c(F)c1F. The fraction of sp³-hybridized carbons (Fsp3) is 0.133. The zero-order chi connectivity index (χ0) is 15.4. The maximum absolute atomic E-state index is 13.4. The molecule has 0 aromatic heterocycles. The molecule has 0 saturated carbocycles. The summed E-state index contributed by atoms with van der Waals surface area (Å²) in [5.41, 5.74) is 1.48. The number of hydrogen-bond donors (Lipinski definition) is 2. The van der Waals surface area contributed by atoms with Crippen molar-refractivity contribution in [2.75, 3.05) is 5.32 Å². The minimum atomic E-state index is -1.62. The first-order valence-corrected chi connectivity index (χ1v) is 6.22. The van der Waals surface area contributed by atoms with Crippen LogP contribution in [0.15, 0.2) is 36.4 Å². The van der Waals surface area contributed by atoms with Gasteiger partial charge in [0.1, 0.15) is 0 Å². The minimum Gasteiger partial charge on any atom is -0.334 e. The number of rotatable bonds is 3. The number of carbonyl (C=O) groups excluding carboxylic acids is 1. The Morgan fingerprint density at radius 2 is 1.76 bits per heavy atom. The van der Waals surface area contributed by atoms with E-state index < -0.39 is 29.2 Å².